The lowest BCUT2D eigenvalue weighted by molar-refractivity contribution is -0.120. The zero-order chi connectivity index (χ0) is 25.2. The van der Waals surface area contributed by atoms with Crippen molar-refractivity contribution in [3.8, 4) is 5.69 Å². The molecule has 182 valence electrons. The Hall–Kier alpha value is -3.95. The standard InChI is InChI=1S/C26H19ClFN3O4S/c27-21-13-18(28)6-5-17(21)15-30-22-9-11-36-24(22)25(33)31(26(30)34)19-7-3-16(4-8-19)12-23(32)29-14-20-2-1-10-35-20/h1-11,13H,12,14-15H2,(H,29,32). The summed E-state index contributed by atoms with van der Waals surface area (Å²) < 4.78 is 21.7. The molecule has 10 heteroatoms. The number of halogens is 2. The summed E-state index contributed by atoms with van der Waals surface area (Å²) in [6.45, 7) is 0.358. The van der Waals surface area contributed by atoms with Crippen LogP contribution in [0.2, 0.25) is 5.02 Å². The lowest BCUT2D eigenvalue weighted by Crippen LogP contribution is -2.38. The van der Waals surface area contributed by atoms with Gasteiger partial charge >= 0.3 is 5.69 Å². The van der Waals surface area contributed by atoms with Crippen LogP contribution < -0.4 is 16.6 Å². The van der Waals surface area contributed by atoms with Crippen LogP contribution in [0.1, 0.15) is 16.9 Å². The second kappa shape index (κ2) is 9.96. The van der Waals surface area contributed by atoms with E-state index in [0.29, 0.717) is 27.2 Å². The first-order chi connectivity index (χ1) is 17.4. The number of thiophene rings is 1. The molecule has 0 saturated carbocycles. The summed E-state index contributed by atoms with van der Waals surface area (Å²) >= 11 is 7.43. The molecule has 0 spiro atoms. The number of aromatic nitrogens is 2. The van der Waals surface area contributed by atoms with Gasteiger partial charge in [0.05, 0.1) is 37.0 Å². The highest BCUT2D eigenvalue weighted by atomic mass is 35.5. The van der Waals surface area contributed by atoms with Crippen LogP contribution >= 0.6 is 22.9 Å². The number of benzene rings is 2. The fraction of sp³-hybridized carbons (Fsp3) is 0.115. The van der Waals surface area contributed by atoms with Crippen molar-refractivity contribution in [1.29, 1.82) is 0 Å². The molecule has 7 nitrogen and oxygen atoms in total. The summed E-state index contributed by atoms with van der Waals surface area (Å²) in [4.78, 5) is 38.9. The van der Waals surface area contributed by atoms with Gasteiger partial charge < -0.3 is 9.73 Å². The first-order valence-corrected chi connectivity index (χ1v) is 12.2. The Morgan fingerprint density at radius 1 is 1.08 bits per heavy atom. The van der Waals surface area contributed by atoms with Crippen molar-refractivity contribution in [2.75, 3.05) is 0 Å². The van der Waals surface area contributed by atoms with E-state index >= 15 is 0 Å². The number of rotatable bonds is 7. The zero-order valence-electron chi connectivity index (χ0n) is 18.7. The molecule has 1 amide bonds. The predicted octanol–water partition coefficient (Wildman–Crippen LogP) is 4.51. The van der Waals surface area contributed by atoms with E-state index in [9.17, 15) is 18.8 Å². The van der Waals surface area contributed by atoms with Gasteiger partial charge in [0.2, 0.25) is 5.91 Å². The summed E-state index contributed by atoms with van der Waals surface area (Å²) in [5, 5.41) is 4.71. The Labute approximate surface area is 213 Å². The monoisotopic (exact) mass is 523 g/mol. The number of hydrogen-bond acceptors (Lipinski definition) is 5. The minimum Gasteiger partial charge on any atom is -0.467 e. The van der Waals surface area contributed by atoms with Crippen molar-refractivity contribution < 1.29 is 13.6 Å². The molecule has 0 radical (unpaired) electrons. The minimum absolute atomic E-state index is 0.0688. The van der Waals surface area contributed by atoms with Crippen LogP contribution in [0.15, 0.2) is 86.3 Å². The fourth-order valence-electron chi connectivity index (χ4n) is 3.90. The van der Waals surface area contributed by atoms with Gasteiger partial charge in [0.25, 0.3) is 5.56 Å². The number of nitrogens with zero attached hydrogens (tertiary/aromatic N) is 2. The molecule has 0 unspecified atom stereocenters. The first-order valence-electron chi connectivity index (χ1n) is 11.0. The smallest absolute Gasteiger partial charge is 0.336 e. The van der Waals surface area contributed by atoms with Gasteiger partial charge in [0, 0.05) is 5.02 Å². The summed E-state index contributed by atoms with van der Waals surface area (Å²) in [6, 6.07) is 15.9. The Morgan fingerprint density at radius 2 is 1.89 bits per heavy atom. The van der Waals surface area contributed by atoms with E-state index in [1.54, 1.807) is 47.8 Å². The average Bonchev–Trinajstić information content (AvgIpc) is 3.55. The van der Waals surface area contributed by atoms with E-state index in [-0.39, 0.29) is 30.4 Å². The van der Waals surface area contributed by atoms with Crippen LogP contribution in [0.3, 0.4) is 0 Å². The van der Waals surface area contributed by atoms with Crippen molar-refractivity contribution in [3.63, 3.8) is 0 Å². The molecule has 0 atom stereocenters. The first kappa shape index (κ1) is 23.8. The molecule has 0 aliphatic rings. The summed E-state index contributed by atoms with van der Waals surface area (Å²) in [5.41, 5.74) is 1.15. The molecule has 3 aromatic heterocycles. The molecule has 5 rings (SSSR count). The number of hydrogen-bond donors (Lipinski definition) is 1. The predicted molar refractivity (Wildman–Crippen MR) is 136 cm³/mol. The maximum absolute atomic E-state index is 13.5. The number of nitrogens with one attached hydrogen (secondary N) is 1. The van der Waals surface area contributed by atoms with Crippen molar-refractivity contribution in [2.24, 2.45) is 0 Å². The van der Waals surface area contributed by atoms with E-state index in [2.05, 4.69) is 5.32 Å². The minimum atomic E-state index is -0.546. The second-order valence-corrected chi connectivity index (χ2v) is 9.40. The highest BCUT2D eigenvalue weighted by Crippen LogP contribution is 2.22. The SMILES string of the molecule is O=C(Cc1ccc(-n2c(=O)c3sccc3n(Cc3ccc(F)cc3Cl)c2=O)cc1)NCc1ccco1. The zero-order valence-corrected chi connectivity index (χ0v) is 20.3. The number of amides is 1. The number of fused-ring (bicyclic) bond motifs is 1. The normalized spacial score (nSPS) is 11.2. The van der Waals surface area contributed by atoms with E-state index in [1.807, 2.05) is 0 Å². The van der Waals surface area contributed by atoms with Gasteiger partial charge in [-0.2, -0.15) is 0 Å². The Bertz CT molecular complexity index is 1670. The largest absolute Gasteiger partial charge is 0.467 e. The highest BCUT2D eigenvalue weighted by Gasteiger charge is 2.17. The van der Waals surface area contributed by atoms with Crippen molar-refractivity contribution in [2.45, 2.75) is 19.5 Å². The second-order valence-electron chi connectivity index (χ2n) is 8.08. The fourth-order valence-corrected chi connectivity index (χ4v) is 4.95. The lowest BCUT2D eigenvalue weighted by atomic mass is 10.1. The van der Waals surface area contributed by atoms with Gasteiger partial charge in [0.15, 0.2) is 0 Å². The Morgan fingerprint density at radius 3 is 2.61 bits per heavy atom. The third kappa shape index (κ3) is 4.75. The van der Waals surface area contributed by atoms with Crippen molar-refractivity contribution >= 4 is 39.1 Å². The van der Waals surface area contributed by atoms with Crippen molar-refractivity contribution in [1.82, 2.24) is 14.5 Å². The molecule has 0 saturated heterocycles. The van der Waals surface area contributed by atoms with Gasteiger partial charge in [-0.05, 0) is 59.0 Å². The van der Waals surface area contributed by atoms with Crippen LogP contribution in [0.5, 0.6) is 0 Å². The van der Waals surface area contributed by atoms with Crippen LogP contribution in [-0.4, -0.2) is 15.0 Å². The topological polar surface area (TPSA) is 86.2 Å². The van der Waals surface area contributed by atoms with Crippen LogP contribution in [0.4, 0.5) is 4.39 Å². The third-order valence-electron chi connectivity index (χ3n) is 5.70. The molecule has 36 heavy (non-hydrogen) atoms. The van der Waals surface area contributed by atoms with E-state index in [1.165, 1.54) is 40.4 Å². The van der Waals surface area contributed by atoms with Gasteiger partial charge in [-0.1, -0.05) is 29.8 Å². The van der Waals surface area contributed by atoms with Crippen LogP contribution in [0, 0.1) is 5.82 Å². The summed E-state index contributed by atoms with van der Waals surface area (Å²) in [5.74, 6) is -0.00779. The molecule has 0 bridgehead atoms. The maximum atomic E-state index is 13.5. The Balaban J connectivity index is 1.45. The van der Waals surface area contributed by atoms with Crippen molar-refractivity contribution in [3.05, 3.63) is 121 Å². The molecule has 0 fully saturated rings. The Kier molecular flexibility index (Phi) is 6.58. The van der Waals surface area contributed by atoms with Gasteiger partial charge in [-0.25, -0.2) is 13.8 Å². The summed E-state index contributed by atoms with van der Waals surface area (Å²) in [6.07, 6.45) is 1.67. The lowest BCUT2D eigenvalue weighted by Gasteiger charge is -2.13. The van der Waals surface area contributed by atoms with E-state index in [4.69, 9.17) is 16.0 Å². The van der Waals surface area contributed by atoms with Gasteiger partial charge in [-0.15, -0.1) is 11.3 Å². The quantitative estimate of drug-likeness (QED) is 0.340. The van der Waals surface area contributed by atoms with E-state index in [0.717, 1.165) is 10.1 Å². The molecule has 5 aromatic rings. The molecule has 2 aromatic carbocycles. The molecule has 0 aliphatic heterocycles. The summed E-state index contributed by atoms with van der Waals surface area (Å²) in [7, 11) is 0. The van der Waals surface area contributed by atoms with Crippen LogP contribution in [0.25, 0.3) is 15.9 Å². The molecular weight excluding hydrogens is 505 g/mol. The third-order valence-corrected chi connectivity index (χ3v) is 6.94. The number of carbonyl (C=O) groups excluding carboxylic acids is 1. The highest BCUT2D eigenvalue weighted by molar-refractivity contribution is 7.17. The molecule has 0 aliphatic carbocycles. The average molecular weight is 524 g/mol. The number of furan rings is 1. The van der Waals surface area contributed by atoms with E-state index < -0.39 is 17.1 Å². The number of carbonyl (C=O) groups is 1. The molecule has 3 heterocycles. The maximum Gasteiger partial charge on any atom is 0.336 e. The van der Waals surface area contributed by atoms with Crippen LogP contribution in [-0.2, 0) is 24.3 Å². The van der Waals surface area contributed by atoms with Gasteiger partial charge in [0.1, 0.15) is 16.3 Å². The molecular formula is C26H19ClFN3O4S. The van der Waals surface area contributed by atoms with Gasteiger partial charge in [-0.3, -0.25) is 14.2 Å². The molecule has 1 N–H and O–H groups in total.